The van der Waals surface area contributed by atoms with Crippen LogP contribution in [-0.2, 0) is 13.1 Å². The van der Waals surface area contributed by atoms with Gasteiger partial charge in [0.25, 0.3) is 0 Å². The van der Waals surface area contributed by atoms with Crippen LogP contribution in [0.2, 0.25) is 0 Å². The van der Waals surface area contributed by atoms with Gasteiger partial charge in [-0.3, -0.25) is 0 Å². The summed E-state index contributed by atoms with van der Waals surface area (Å²) in [5.74, 6) is 0.553. The van der Waals surface area contributed by atoms with Crippen LogP contribution in [0, 0.1) is 24.1 Å². The van der Waals surface area contributed by atoms with Gasteiger partial charge in [0.2, 0.25) is 0 Å². The number of nitrogens with zero attached hydrogens (tertiary/aromatic N) is 3. The molecule has 120 valence electrons. The van der Waals surface area contributed by atoms with Crippen LogP contribution in [0.25, 0.3) is 0 Å². The summed E-state index contributed by atoms with van der Waals surface area (Å²) >= 11 is 0. The molecule has 0 radical (unpaired) electrons. The van der Waals surface area contributed by atoms with Crippen molar-refractivity contribution in [2.75, 3.05) is 5.32 Å². The fourth-order valence-electron chi connectivity index (χ4n) is 2.53. The Morgan fingerprint density at radius 1 is 1.21 bits per heavy atom. The molecule has 0 amide bonds. The van der Waals surface area contributed by atoms with Gasteiger partial charge in [-0.25, -0.2) is 9.37 Å². The normalized spacial score (nSPS) is 10.4. The van der Waals surface area contributed by atoms with Crippen molar-refractivity contribution in [2.24, 2.45) is 0 Å². The molecule has 0 atom stereocenters. The third kappa shape index (κ3) is 3.61. The van der Waals surface area contributed by atoms with Crippen molar-refractivity contribution >= 4 is 5.69 Å². The van der Waals surface area contributed by atoms with Gasteiger partial charge in [0.1, 0.15) is 11.6 Å². The number of nitriles is 1. The van der Waals surface area contributed by atoms with E-state index < -0.39 is 5.82 Å². The number of aryl methyl sites for hydroxylation is 1. The lowest BCUT2D eigenvalue weighted by molar-refractivity contribution is 0.629. The fraction of sp³-hybridized carbons (Fsp3) is 0.158. The maximum atomic E-state index is 13.9. The topological polar surface area (TPSA) is 53.6 Å². The summed E-state index contributed by atoms with van der Waals surface area (Å²) in [6, 6.07) is 14.5. The largest absolute Gasteiger partial charge is 0.379 e. The maximum absolute atomic E-state index is 13.9. The molecule has 3 rings (SSSR count). The summed E-state index contributed by atoms with van der Waals surface area (Å²) in [7, 11) is 0. The molecule has 1 heterocycles. The van der Waals surface area contributed by atoms with Crippen LogP contribution in [0.5, 0.6) is 0 Å². The molecule has 0 saturated carbocycles. The van der Waals surface area contributed by atoms with Crippen LogP contribution in [0.4, 0.5) is 10.1 Å². The maximum Gasteiger partial charge on any atom is 0.147 e. The predicted octanol–water partition coefficient (Wildman–Crippen LogP) is 3.86. The number of imidazole rings is 1. The molecule has 0 aliphatic carbocycles. The Kier molecular flexibility index (Phi) is 4.57. The van der Waals surface area contributed by atoms with Gasteiger partial charge < -0.3 is 9.88 Å². The van der Waals surface area contributed by atoms with Crippen LogP contribution in [0.15, 0.2) is 54.9 Å². The summed E-state index contributed by atoms with van der Waals surface area (Å²) in [5.41, 5.74) is 2.94. The molecule has 0 bridgehead atoms. The lowest BCUT2D eigenvalue weighted by Crippen LogP contribution is -2.04. The molecule has 1 aromatic heterocycles. The van der Waals surface area contributed by atoms with Gasteiger partial charge in [-0.05, 0) is 36.2 Å². The molecule has 0 aliphatic heterocycles. The zero-order chi connectivity index (χ0) is 16.9. The van der Waals surface area contributed by atoms with Crippen molar-refractivity contribution in [3.8, 4) is 6.07 Å². The molecule has 5 heteroatoms. The number of aromatic nitrogens is 2. The van der Waals surface area contributed by atoms with E-state index in [0.29, 0.717) is 17.8 Å². The molecule has 4 nitrogen and oxygen atoms in total. The molecular weight excluding hydrogens is 303 g/mol. The molecule has 0 saturated heterocycles. The van der Waals surface area contributed by atoms with E-state index in [2.05, 4.69) is 27.0 Å². The van der Waals surface area contributed by atoms with Crippen LogP contribution >= 0.6 is 0 Å². The quantitative estimate of drug-likeness (QED) is 0.776. The summed E-state index contributed by atoms with van der Waals surface area (Å²) in [4.78, 5) is 4.22. The smallest absolute Gasteiger partial charge is 0.147 e. The molecular formula is C19H17FN4. The van der Waals surface area contributed by atoms with Gasteiger partial charge >= 0.3 is 0 Å². The van der Waals surface area contributed by atoms with E-state index in [0.717, 1.165) is 23.5 Å². The van der Waals surface area contributed by atoms with E-state index in [1.165, 1.54) is 6.07 Å². The predicted molar refractivity (Wildman–Crippen MR) is 90.9 cm³/mol. The van der Waals surface area contributed by atoms with Crippen molar-refractivity contribution < 1.29 is 4.39 Å². The highest BCUT2D eigenvalue weighted by atomic mass is 19.1. The zero-order valence-corrected chi connectivity index (χ0v) is 13.3. The fourth-order valence-corrected chi connectivity index (χ4v) is 2.53. The lowest BCUT2D eigenvalue weighted by Gasteiger charge is -2.10. The molecule has 0 fully saturated rings. The third-order valence-electron chi connectivity index (χ3n) is 3.85. The highest BCUT2D eigenvalue weighted by molar-refractivity contribution is 5.49. The standard InChI is InChI=1S/C19H17FN4/c1-14-22-7-8-24(14)13-17-4-2-3-16(9-17)12-23-19-6-5-15(11-21)10-18(19)20/h2-10,23H,12-13H2,1H3. The average Bonchev–Trinajstić information content (AvgIpc) is 2.99. The minimum atomic E-state index is -0.417. The Bertz CT molecular complexity index is 892. The molecule has 0 aliphatic rings. The number of hydrogen-bond donors (Lipinski definition) is 1. The Morgan fingerprint density at radius 3 is 2.75 bits per heavy atom. The summed E-state index contributed by atoms with van der Waals surface area (Å²) < 4.78 is 16.0. The number of rotatable bonds is 5. The van der Waals surface area contributed by atoms with Crippen molar-refractivity contribution in [1.82, 2.24) is 9.55 Å². The monoisotopic (exact) mass is 320 g/mol. The summed E-state index contributed by atoms with van der Waals surface area (Å²) in [6.07, 6.45) is 3.74. The van der Waals surface area contributed by atoms with E-state index in [1.54, 1.807) is 18.3 Å². The second-order valence-corrected chi connectivity index (χ2v) is 5.58. The van der Waals surface area contributed by atoms with E-state index in [9.17, 15) is 4.39 Å². The number of hydrogen-bond acceptors (Lipinski definition) is 3. The van der Waals surface area contributed by atoms with Crippen molar-refractivity contribution in [3.63, 3.8) is 0 Å². The minimum absolute atomic E-state index is 0.316. The number of halogens is 1. The van der Waals surface area contributed by atoms with Gasteiger partial charge in [-0.15, -0.1) is 0 Å². The van der Waals surface area contributed by atoms with E-state index in [4.69, 9.17) is 5.26 Å². The average molecular weight is 320 g/mol. The zero-order valence-electron chi connectivity index (χ0n) is 13.3. The van der Waals surface area contributed by atoms with Crippen LogP contribution < -0.4 is 5.32 Å². The minimum Gasteiger partial charge on any atom is -0.379 e. The first-order chi connectivity index (χ1) is 11.7. The van der Waals surface area contributed by atoms with Crippen molar-refractivity contribution in [3.05, 3.63) is 83.2 Å². The number of anilines is 1. The molecule has 2 aromatic carbocycles. The first-order valence-electron chi connectivity index (χ1n) is 7.65. The highest BCUT2D eigenvalue weighted by Crippen LogP contribution is 2.17. The second kappa shape index (κ2) is 6.97. The Labute approximate surface area is 140 Å². The Morgan fingerprint density at radius 2 is 2.04 bits per heavy atom. The first kappa shape index (κ1) is 15.8. The Hall–Kier alpha value is -3.13. The SMILES string of the molecule is Cc1nccn1Cc1cccc(CNc2ccc(C#N)cc2F)c1. The number of benzene rings is 2. The van der Waals surface area contributed by atoms with Crippen molar-refractivity contribution in [2.45, 2.75) is 20.0 Å². The van der Waals surface area contributed by atoms with Gasteiger partial charge in [-0.1, -0.05) is 24.3 Å². The van der Waals surface area contributed by atoms with Gasteiger partial charge in [0.15, 0.2) is 0 Å². The summed E-state index contributed by atoms with van der Waals surface area (Å²) in [5, 5.41) is 11.8. The molecule has 0 unspecified atom stereocenters. The molecule has 1 N–H and O–H groups in total. The van der Waals surface area contributed by atoms with Crippen molar-refractivity contribution in [1.29, 1.82) is 5.26 Å². The number of nitrogens with one attached hydrogen (secondary N) is 1. The third-order valence-corrected chi connectivity index (χ3v) is 3.85. The van der Waals surface area contributed by atoms with Crippen LogP contribution in [0.3, 0.4) is 0 Å². The van der Waals surface area contributed by atoms with E-state index >= 15 is 0 Å². The van der Waals surface area contributed by atoms with Gasteiger partial charge in [-0.2, -0.15) is 5.26 Å². The molecule has 3 aromatic rings. The second-order valence-electron chi connectivity index (χ2n) is 5.58. The van der Waals surface area contributed by atoms with Gasteiger partial charge in [0.05, 0.1) is 17.3 Å². The summed E-state index contributed by atoms with van der Waals surface area (Å²) in [6.45, 7) is 3.24. The molecule has 0 spiro atoms. The van der Waals surface area contributed by atoms with Crippen LogP contribution in [-0.4, -0.2) is 9.55 Å². The van der Waals surface area contributed by atoms with E-state index in [1.807, 2.05) is 31.3 Å². The van der Waals surface area contributed by atoms with Gasteiger partial charge in [0, 0.05) is 25.5 Å². The highest BCUT2D eigenvalue weighted by Gasteiger charge is 2.04. The molecule has 24 heavy (non-hydrogen) atoms. The van der Waals surface area contributed by atoms with E-state index in [-0.39, 0.29) is 0 Å². The van der Waals surface area contributed by atoms with Crippen LogP contribution in [0.1, 0.15) is 22.5 Å². The first-order valence-corrected chi connectivity index (χ1v) is 7.65. The lowest BCUT2D eigenvalue weighted by atomic mass is 10.1. The Balaban J connectivity index is 1.69.